The van der Waals surface area contributed by atoms with E-state index in [4.69, 9.17) is 4.74 Å². The molecule has 0 unspecified atom stereocenters. The summed E-state index contributed by atoms with van der Waals surface area (Å²) in [6.07, 6.45) is 2.95. The molecule has 2 aliphatic heterocycles. The summed E-state index contributed by atoms with van der Waals surface area (Å²) in [6, 6.07) is 7.67. The van der Waals surface area contributed by atoms with E-state index in [0.717, 1.165) is 11.4 Å². The molecular weight excluding hydrogens is 430 g/mol. The van der Waals surface area contributed by atoms with Crippen LogP contribution in [0.5, 0.6) is 0 Å². The second-order valence-corrected chi connectivity index (χ2v) is 9.53. The molecule has 1 saturated heterocycles. The molecule has 9 heteroatoms. The van der Waals surface area contributed by atoms with E-state index in [0.29, 0.717) is 37.1 Å². The molecule has 0 radical (unpaired) electrons. The molecule has 0 spiro atoms. The molecule has 0 bridgehead atoms. The molecule has 32 heavy (non-hydrogen) atoms. The van der Waals surface area contributed by atoms with Crippen LogP contribution in [-0.4, -0.2) is 54.7 Å². The number of hydrogen-bond acceptors (Lipinski definition) is 6. The Balaban J connectivity index is 1.48. The van der Waals surface area contributed by atoms with Crippen molar-refractivity contribution in [1.82, 2.24) is 9.47 Å². The zero-order valence-electron chi connectivity index (χ0n) is 18.1. The van der Waals surface area contributed by atoms with E-state index in [1.54, 1.807) is 35.2 Å². The highest BCUT2D eigenvalue weighted by molar-refractivity contribution is 7.90. The maximum absolute atomic E-state index is 12.8. The number of benzene rings is 1. The summed E-state index contributed by atoms with van der Waals surface area (Å²) >= 11 is 0. The average Bonchev–Trinajstić information content (AvgIpc) is 3.43. The van der Waals surface area contributed by atoms with Crippen LogP contribution in [0.2, 0.25) is 0 Å². The minimum atomic E-state index is -3.78. The molecule has 2 aliphatic rings. The fraction of sp³-hybridized carbons (Fsp3) is 0.348. The van der Waals surface area contributed by atoms with Gasteiger partial charge >= 0.3 is 5.97 Å². The number of carbonyl (C=O) groups excluding carboxylic acids is 2. The average molecular weight is 456 g/mol. The SMILES string of the molecule is C=CCn1c(C)cc(C(=O)COC(=O)[C@@H]2CCCN2C2=NS(=O)(=O)c3ccccc32)c1C. The van der Waals surface area contributed by atoms with Gasteiger partial charge < -0.3 is 14.2 Å². The smallest absolute Gasteiger partial charge is 0.329 e. The Morgan fingerprint density at radius 3 is 2.78 bits per heavy atom. The van der Waals surface area contributed by atoms with Gasteiger partial charge in [-0.1, -0.05) is 18.2 Å². The highest BCUT2D eigenvalue weighted by atomic mass is 32.2. The standard InChI is InChI=1S/C23H25N3O5S/c1-4-11-25-15(2)13-18(16(25)3)20(27)14-31-23(28)19-9-7-12-26(19)22-17-8-5-6-10-21(17)32(29,30)24-22/h4-6,8,10,13,19H,1,7,9,11-12,14H2,2-3H3/t19-/m0/s1. The topological polar surface area (TPSA) is 98.0 Å². The number of ether oxygens (including phenoxy) is 1. The molecule has 1 fully saturated rings. The van der Waals surface area contributed by atoms with Gasteiger partial charge in [0.1, 0.15) is 10.9 Å². The highest BCUT2D eigenvalue weighted by Crippen LogP contribution is 2.31. The van der Waals surface area contributed by atoms with E-state index in [9.17, 15) is 18.0 Å². The van der Waals surface area contributed by atoms with Crippen molar-refractivity contribution >= 4 is 27.6 Å². The van der Waals surface area contributed by atoms with Crippen LogP contribution in [0.15, 0.2) is 52.3 Å². The van der Waals surface area contributed by atoms with E-state index in [2.05, 4.69) is 11.0 Å². The predicted molar refractivity (Wildman–Crippen MR) is 119 cm³/mol. The summed E-state index contributed by atoms with van der Waals surface area (Å²) in [5.74, 6) is -0.572. The lowest BCUT2D eigenvalue weighted by Gasteiger charge is -2.24. The van der Waals surface area contributed by atoms with Gasteiger partial charge in [-0.15, -0.1) is 11.0 Å². The lowest BCUT2D eigenvalue weighted by atomic mass is 10.1. The molecule has 168 valence electrons. The van der Waals surface area contributed by atoms with Gasteiger partial charge in [0.2, 0.25) is 5.78 Å². The molecule has 0 saturated carbocycles. The molecule has 1 aromatic carbocycles. The van der Waals surface area contributed by atoms with Gasteiger partial charge in [-0.05, 0) is 44.9 Å². The van der Waals surface area contributed by atoms with Crippen LogP contribution in [0.25, 0.3) is 0 Å². The summed E-state index contributed by atoms with van der Waals surface area (Å²) in [4.78, 5) is 27.4. The molecule has 4 rings (SSSR count). The van der Waals surface area contributed by atoms with Crippen LogP contribution in [0, 0.1) is 13.8 Å². The number of esters is 1. The van der Waals surface area contributed by atoms with Crippen molar-refractivity contribution in [2.75, 3.05) is 13.2 Å². The third-order valence-corrected chi connectivity index (χ3v) is 7.27. The van der Waals surface area contributed by atoms with Crippen LogP contribution in [0.3, 0.4) is 0 Å². The number of fused-ring (bicyclic) bond motifs is 1. The predicted octanol–water partition coefficient (Wildman–Crippen LogP) is 2.63. The number of aryl methyl sites for hydroxylation is 1. The van der Waals surface area contributed by atoms with Crippen molar-refractivity contribution < 1.29 is 22.7 Å². The first-order chi connectivity index (χ1) is 15.2. The summed E-state index contributed by atoms with van der Waals surface area (Å²) in [5.41, 5.74) is 2.73. The molecular formula is C23H25N3O5S. The van der Waals surface area contributed by atoms with Crippen molar-refractivity contribution in [3.8, 4) is 0 Å². The van der Waals surface area contributed by atoms with Crippen LogP contribution in [-0.2, 0) is 26.1 Å². The second-order valence-electron chi connectivity index (χ2n) is 7.95. The maximum atomic E-state index is 12.8. The fourth-order valence-corrected chi connectivity index (χ4v) is 5.58. The van der Waals surface area contributed by atoms with Gasteiger partial charge in [-0.2, -0.15) is 8.42 Å². The molecule has 1 aromatic heterocycles. The van der Waals surface area contributed by atoms with Crippen molar-refractivity contribution in [2.24, 2.45) is 4.40 Å². The first-order valence-electron chi connectivity index (χ1n) is 10.4. The monoisotopic (exact) mass is 455 g/mol. The normalized spacial score (nSPS) is 18.9. The number of ketones is 1. The Morgan fingerprint density at radius 1 is 1.28 bits per heavy atom. The van der Waals surface area contributed by atoms with Gasteiger partial charge in [0.15, 0.2) is 12.4 Å². The number of sulfonamides is 1. The molecule has 1 atom stereocenters. The summed E-state index contributed by atoms with van der Waals surface area (Å²) in [6.45, 7) is 8.19. The molecule has 2 aromatic rings. The van der Waals surface area contributed by atoms with Gasteiger partial charge in [0, 0.05) is 35.6 Å². The third kappa shape index (κ3) is 3.77. The van der Waals surface area contributed by atoms with E-state index < -0.39 is 22.0 Å². The lowest BCUT2D eigenvalue weighted by molar-refractivity contribution is -0.146. The molecule has 0 N–H and O–H groups in total. The summed E-state index contributed by atoms with van der Waals surface area (Å²) in [5, 5.41) is 0. The van der Waals surface area contributed by atoms with E-state index in [1.807, 2.05) is 18.4 Å². The Bertz CT molecular complexity index is 1240. The molecule has 3 heterocycles. The number of Topliss-reactive ketones (excluding diaryl/α,β-unsaturated/α-hetero) is 1. The number of allylic oxidation sites excluding steroid dienone is 1. The van der Waals surface area contributed by atoms with Gasteiger partial charge in [0.25, 0.3) is 10.0 Å². The highest BCUT2D eigenvalue weighted by Gasteiger charge is 2.40. The first-order valence-corrected chi connectivity index (χ1v) is 11.9. The number of carbonyl (C=O) groups is 2. The minimum Gasteiger partial charge on any atom is -0.456 e. The zero-order chi connectivity index (χ0) is 23.0. The number of aromatic nitrogens is 1. The maximum Gasteiger partial charge on any atom is 0.329 e. The van der Waals surface area contributed by atoms with Crippen molar-refractivity contribution in [3.63, 3.8) is 0 Å². The fourth-order valence-electron chi connectivity index (χ4n) is 4.36. The Kier molecular flexibility index (Phi) is 5.77. The van der Waals surface area contributed by atoms with Gasteiger partial charge in [0.05, 0.1) is 0 Å². The van der Waals surface area contributed by atoms with Crippen LogP contribution >= 0.6 is 0 Å². The molecule has 0 amide bonds. The Labute approximate surface area is 187 Å². The zero-order valence-corrected chi connectivity index (χ0v) is 18.9. The molecule has 0 aliphatic carbocycles. The number of rotatable bonds is 6. The Morgan fingerprint density at radius 2 is 2.03 bits per heavy atom. The summed E-state index contributed by atoms with van der Waals surface area (Å²) in [7, 11) is -3.78. The summed E-state index contributed by atoms with van der Waals surface area (Å²) < 4.78 is 36.0. The van der Waals surface area contributed by atoms with Gasteiger partial charge in [-0.3, -0.25) is 4.79 Å². The third-order valence-electron chi connectivity index (χ3n) is 5.94. The number of hydrogen-bond donors (Lipinski definition) is 0. The number of amidine groups is 1. The number of nitrogens with zero attached hydrogens (tertiary/aromatic N) is 3. The van der Waals surface area contributed by atoms with E-state index in [1.165, 1.54) is 6.07 Å². The Hall–Kier alpha value is -3.20. The minimum absolute atomic E-state index is 0.138. The second kappa shape index (κ2) is 8.38. The van der Waals surface area contributed by atoms with E-state index in [-0.39, 0.29) is 23.1 Å². The van der Waals surface area contributed by atoms with Crippen LogP contribution in [0.1, 0.15) is 40.2 Å². The van der Waals surface area contributed by atoms with Crippen molar-refractivity contribution in [3.05, 3.63) is 65.5 Å². The number of likely N-dealkylation sites (tertiary alicyclic amines) is 1. The van der Waals surface area contributed by atoms with Crippen molar-refractivity contribution in [1.29, 1.82) is 0 Å². The largest absolute Gasteiger partial charge is 0.456 e. The quantitative estimate of drug-likeness (QED) is 0.377. The van der Waals surface area contributed by atoms with Crippen LogP contribution in [0.4, 0.5) is 0 Å². The molecule has 8 nitrogen and oxygen atoms in total. The van der Waals surface area contributed by atoms with Crippen molar-refractivity contribution in [2.45, 2.75) is 44.2 Å². The van der Waals surface area contributed by atoms with Crippen LogP contribution < -0.4 is 0 Å². The van der Waals surface area contributed by atoms with E-state index >= 15 is 0 Å². The lowest BCUT2D eigenvalue weighted by Crippen LogP contribution is -2.41. The first kappa shape index (κ1) is 22.0. The van der Waals surface area contributed by atoms with Gasteiger partial charge in [-0.25, -0.2) is 4.79 Å².